The topological polar surface area (TPSA) is 288 Å². The van der Waals surface area contributed by atoms with Gasteiger partial charge in [0, 0.05) is 0 Å². The molecule has 0 unspecified atom stereocenters. The molecule has 20 heteroatoms. The van der Waals surface area contributed by atoms with Gasteiger partial charge in [-0.15, -0.1) is 0 Å². The molecule has 0 fully saturated rings. The number of hydrogen-bond acceptors (Lipinski definition) is 13. The fourth-order valence-corrected chi connectivity index (χ4v) is 4.04. The van der Waals surface area contributed by atoms with Gasteiger partial charge in [0.1, 0.15) is 17.5 Å². The first-order chi connectivity index (χ1) is 20.5. The molecule has 0 saturated heterocycles. The molecule has 0 aliphatic heterocycles. The Morgan fingerprint density at radius 1 is 0.500 bits per heavy atom. The Morgan fingerprint density at radius 2 is 0.727 bits per heavy atom. The Labute approximate surface area is 286 Å². The Balaban J connectivity index is 0.000000449. The average molecular weight is 745 g/mol. The molecule has 0 saturated carbocycles. The summed E-state index contributed by atoms with van der Waals surface area (Å²) < 4.78 is 0. The molecule has 3 N–H and O–H groups in total. The van der Waals surface area contributed by atoms with Crippen molar-refractivity contribution in [3.8, 4) is 0 Å². The van der Waals surface area contributed by atoms with Gasteiger partial charge in [0.2, 0.25) is 0 Å². The molecule has 3 aromatic carbocycles. The first kappa shape index (κ1) is 35.4. The van der Waals surface area contributed by atoms with Crippen LogP contribution in [0.3, 0.4) is 0 Å². The minimum atomic E-state index is -1.75. The van der Waals surface area contributed by atoms with E-state index in [0.29, 0.717) is 19.6 Å². The Hall–Kier alpha value is -4.79. The Kier molecular flexibility index (Phi) is 14.0. The smallest absolute Gasteiger partial charge is 0.356 e. The van der Waals surface area contributed by atoms with Crippen LogP contribution in [-0.4, -0.2) is 50.1 Å². The third-order valence-electron chi connectivity index (χ3n) is 5.44. The number of aromatic amines is 3. The van der Waals surface area contributed by atoms with Crippen LogP contribution in [0, 0.1) is 95.3 Å². The van der Waals surface area contributed by atoms with E-state index >= 15 is 0 Å². The molecular weight excluding hydrogens is 724 g/mol. The van der Waals surface area contributed by atoms with Gasteiger partial charge >= 0.3 is 49.4 Å². The maximum atomic E-state index is 8.25. The third-order valence-corrected chi connectivity index (χ3v) is 5.44. The molecule has 0 spiro atoms. The fraction of sp³-hybridized carbons (Fsp3) is 0.125. The van der Waals surface area contributed by atoms with E-state index in [1.807, 2.05) is 54.6 Å². The first-order valence-electron chi connectivity index (χ1n) is 12.0. The number of hydrogen-bond donors (Lipinski definition) is 3. The second kappa shape index (κ2) is 17.4. The van der Waals surface area contributed by atoms with Crippen molar-refractivity contribution in [2.45, 2.75) is 19.6 Å². The van der Waals surface area contributed by atoms with Crippen LogP contribution in [0.1, 0.15) is 17.5 Å². The maximum Gasteiger partial charge on any atom is 3.00 e. The van der Waals surface area contributed by atoms with Gasteiger partial charge in [-0.1, -0.05) is 36.4 Å². The Bertz CT molecular complexity index is 1500. The third kappa shape index (κ3) is 11.8. The quantitative estimate of drug-likeness (QED) is 0.162. The number of fused-ring (bicyclic) bond motifs is 3. The molecule has 0 amide bonds. The monoisotopic (exact) mass is 746 g/mol. The molecule has 0 aliphatic rings. The summed E-state index contributed by atoms with van der Waals surface area (Å²) >= 11 is 0. The molecule has 19 nitrogen and oxygen atoms in total. The van der Waals surface area contributed by atoms with Gasteiger partial charge < -0.3 is 60.9 Å². The SMILES string of the molecule is O=[N+]([O-])[O-].O=[N+]([O-])[O-].O=[N+]([O-])[O-].[Eu+3].c1ccc2[nH]c(CN(Cc3nc4ccccc4[nH]3)Cc3nc4ccccc4[nH]3)nc2c1. The number of para-hydroxylation sites is 6. The van der Waals surface area contributed by atoms with Crippen LogP contribution in [0.2, 0.25) is 0 Å². The van der Waals surface area contributed by atoms with Crippen molar-refractivity contribution in [2.24, 2.45) is 0 Å². The Morgan fingerprint density at radius 3 is 0.955 bits per heavy atom. The molecule has 0 bridgehead atoms. The van der Waals surface area contributed by atoms with Gasteiger partial charge in [-0.25, -0.2) is 15.0 Å². The van der Waals surface area contributed by atoms with Crippen molar-refractivity contribution < 1.29 is 64.6 Å². The van der Waals surface area contributed by atoms with Crippen molar-refractivity contribution in [3.05, 3.63) is 136 Å². The van der Waals surface area contributed by atoms with E-state index in [1.165, 1.54) is 0 Å². The standard InChI is InChI=1S/C24H21N7.Eu.3NO3/c1-2-8-17-16(7-1)25-22(26-17)13-31(14-23-27-18-9-3-4-10-19(18)28-23)15-24-29-20-11-5-6-12-21(20)30-24;;3*2-1(3)4/h1-12H,13-15H2,(H,25,26)(H,27,28)(H,29,30);;;;/q;+3;3*-1. The van der Waals surface area contributed by atoms with Gasteiger partial charge in [-0.3, -0.25) is 4.90 Å². The van der Waals surface area contributed by atoms with Crippen LogP contribution in [0.5, 0.6) is 0 Å². The average Bonchev–Trinajstić information content (AvgIpc) is 3.62. The summed E-state index contributed by atoms with van der Waals surface area (Å²) in [5, 5.41) is 44.2. The summed E-state index contributed by atoms with van der Waals surface area (Å²) in [6.07, 6.45) is 0. The van der Waals surface area contributed by atoms with Gasteiger partial charge in [0.15, 0.2) is 0 Å². The van der Waals surface area contributed by atoms with Gasteiger partial charge in [-0.2, -0.15) is 0 Å². The molecule has 0 atom stereocenters. The van der Waals surface area contributed by atoms with Crippen LogP contribution in [0.15, 0.2) is 72.8 Å². The van der Waals surface area contributed by atoms with Crippen molar-refractivity contribution in [1.82, 2.24) is 34.8 Å². The second-order valence-electron chi connectivity index (χ2n) is 8.42. The molecular formula is C24H21EuN10O9. The number of rotatable bonds is 6. The van der Waals surface area contributed by atoms with Crippen molar-refractivity contribution >= 4 is 33.1 Å². The summed E-state index contributed by atoms with van der Waals surface area (Å²) in [7, 11) is 0. The number of imidazole rings is 3. The van der Waals surface area contributed by atoms with Crippen molar-refractivity contribution in [1.29, 1.82) is 0 Å². The van der Waals surface area contributed by atoms with E-state index in [9.17, 15) is 0 Å². The van der Waals surface area contributed by atoms with Gasteiger partial charge in [-0.05, 0) is 36.4 Å². The fourth-order valence-electron chi connectivity index (χ4n) is 4.04. The van der Waals surface area contributed by atoms with Gasteiger partial charge in [0.25, 0.3) is 0 Å². The molecule has 0 aliphatic carbocycles. The van der Waals surface area contributed by atoms with E-state index in [0.717, 1.165) is 50.6 Å². The van der Waals surface area contributed by atoms with E-state index in [1.54, 1.807) is 0 Å². The van der Waals surface area contributed by atoms with Crippen LogP contribution >= 0.6 is 0 Å². The zero-order chi connectivity index (χ0) is 31.4. The summed E-state index contributed by atoms with van der Waals surface area (Å²) in [5.41, 5.74) is 6.07. The minimum absolute atomic E-state index is 0. The van der Waals surface area contributed by atoms with Crippen LogP contribution in [0.4, 0.5) is 0 Å². The zero-order valence-corrected chi connectivity index (χ0v) is 24.7. The number of benzene rings is 3. The summed E-state index contributed by atoms with van der Waals surface area (Å²) in [6, 6.07) is 24.3. The number of H-pyrrole nitrogens is 3. The van der Waals surface area contributed by atoms with Crippen molar-refractivity contribution in [3.63, 3.8) is 0 Å². The largest absolute Gasteiger partial charge is 3.00 e. The number of nitrogens with one attached hydrogen (secondary N) is 3. The van der Waals surface area contributed by atoms with E-state index in [2.05, 4.69) is 38.1 Å². The number of nitrogens with zero attached hydrogens (tertiary/aromatic N) is 7. The number of aromatic nitrogens is 6. The van der Waals surface area contributed by atoms with Crippen LogP contribution in [0.25, 0.3) is 33.1 Å². The molecule has 3 aromatic heterocycles. The maximum absolute atomic E-state index is 8.25. The zero-order valence-electron chi connectivity index (χ0n) is 22.2. The summed E-state index contributed by atoms with van der Waals surface area (Å²) in [5.74, 6) is 2.77. The summed E-state index contributed by atoms with van der Waals surface area (Å²) in [6.45, 7) is 1.97. The summed E-state index contributed by atoms with van der Waals surface area (Å²) in [4.78, 5) is 51.6. The minimum Gasteiger partial charge on any atom is -0.356 e. The van der Waals surface area contributed by atoms with E-state index in [4.69, 9.17) is 60.9 Å². The normalized spacial score (nSPS) is 10.0. The molecule has 0 radical (unpaired) electrons. The van der Waals surface area contributed by atoms with Crippen LogP contribution in [-0.2, 0) is 19.6 Å². The molecule has 6 rings (SSSR count). The molecule has 228 valence electrons. The molecule has 3 heterocycles. The predicted octanol–water partition coefficient (Wildman–Crippen LogP) is 3.80. The van der Waals surface area contributed by atoms with Crippen molar-refractivity contribution in [2.75, 3.05) is 0 Å². The van der Waals surface area contributed by atoms with Crippen LogP contribution < -0.4 is 0 Å². The van der Waals surface area contributed by atoms with E-state index in [-0.39, 0.29) is 49.4 Å². The second-order valence-corrected chi connectivity index (χ2v) is 8.42. The van der Waals surface area contributed by atoms with Gasteiger partial charge in [0.05, 0.1) is 68.0 Å². The van der Waals surface area contributed by atoms with E-state index < -0.39 is 15.3 Å². The first-order valence-corrected chi connectivity index (χ1v) is 12.0. The molecule has 44 heavy (non-hydrogen) atoms. The molecule has 6 aromatic rings. The predicted molar refractivity (Wildman–Crippen MR) is 152 cm³/mol.